The van der Waals surface area contributed by atoms with E-state index in [2.05, 4.69) is 32.9 Å². The van der Waals surface area contributed by atoms with Crippen LogP contribution in [-0.4, -0.2) is 17.7 Å². The van der Waals surface area contributed by atoms with Crippen molar-refractivity contribution in [1.82, 2.24) is 0 Å². The molecular formula is C17H22O3. The molecule has 3 nitrogen and oxygen atoms in total. The molecule has 20 heavy (non-hydrogen) atoms. The zero-order valence-corrected chi connectivity index (χ0v) is 12.6. The number of carbonyl (C=O) groups is 1. The van der Waals surface area contributed by atoms with Crippen LogP contribution in [0.1, 0.15) is 51.2 Å². The Kier molecular flexibility index (Phi) is 3.89. The highest BCUT2D eigenvalue weighted by atomic mass is 16.5. The summed E-state index contributed by atoms with van der Waals surface area (Å²) >= 11 is 0. The number of ether oxygens (including phenoxy) is 1. The molecule has 0 saturated heterocycles. The Morgan fingerprint density at radius 3 is 2.70 bits per heavy atom. The van der Waals surface area contributed by atoms with Crippen molar-refractivity contribution in [2.24, 2.45) is 0 Å². The normalized spacial score (nSPS) is 20.4. The van der Waals surface area contributed by atoms with E-state index in [0.29, 0.717) is 6.61 Å². The monoisotopic (exact) mass is 274 g/mol. The topological polar surface area (TPSA) is 46.5 Å². The second-order valence-electron chi connectivity index (χ2n) is 6.31. The van der Waals surface area contributed by atoms with Gasteiger partial charge in [-0.25, -0.2) is 0 Å². The summed E-state index contributed by atoms with van der Waals surface area (Å²) in [5, 5.41) is 9.12. The van der Waals surface area contributed by atoms with Crippen molar-refractivity contribution >= 4 is 5.97 Å². The molecule has 0 aliphatic carbocycles. The van der Waals surface area contributed by atoms with Gasteiger partial charge >= 0.3 is 5.97 Å². The van der Waals surface area contributed by atoms with Gasteiger partial charge in [0.05, 0.1) is 6.42 Å². The molecule has 0 spiro atoms. The first-order chi connectivity index (χ1) is 9.32. The summed E-state index contributed by atoms with van der Waals surface area (Å²) in [5.41, 5.74) is 3.29. The lowest BCUT2D eigenvalue weighted by Gasteiger charge is -2.30. The lowest BCUT2D eigenvalue weighted by molar-refractivity contribution is -0.137. The Hall–Kier alpha value is -1.77. The van der Waals surface area contributed by atoms with Gasteiger partial charge in [0, 0.05) is 11.5 Å². The average Bonchev–Trinajstić information content (AvgIpc) is 2.37. The van der Waals surface area contributed by atoms with Crippen molar-refractivity contribution in [2.75, 3.05) is 6.61 Å². The highest BCUT2D eigenvalue weighted by Crippen LogP contribution is 2.40. The van der Waals surface area contributed by atoms with Crippen LogP contribution in [0.2, 0.25) is 0 Å². The van der Waals surface area contributed by atoms with E-state index in [1.165, 1.54) is 5.56 Å². The van der Waals surface area contributed by atoms with Crippen LogP contribution in [0, 0.1) is 0 Å². The van der Waals surface area contributed by atoms with Gasteiger partial charge in [0.25, 0.3) is 0 Å². The Morgan fingerprint density at radius 1 is 1.45 bits per heavy atom. The molecule has 0 bridgehead atoms. The molecule has 1 aliphatic heterocycles. The third-order valence-electron chi connectivity index (χ3n) is 3.85. The van der Waals surface area contributed by atoms with E-state index < -0.39 is 5.97 Å². The van der Waals surface area contributed by atoms with Gasteiger partial charge in [-0.1, -0.05) is 39.0 Å². The van der Waals surface area contributed by atoms with Crippen molar-refractivity contribution < 1.29 is 14.6 Å². The van der Waals surface area contributed by atoms with Gasteiger partial charge in [0.2, 0.25) is 0 Å². The average molecular weight is 274 g/mol. The summed E-state index contributed by atoms with van der Waals surface area (Å²) < 4.78 is 5.81. The van der Waals surface area contributed by atoms with Crippen molar-refractivity contribution in [3.05, 3.63) is 41.0 Å². The van der Waals surface area contributed by atoms with Crippen molar-refractivity contribution in [3.8, 4) is 5.75 Å². The molecule has 1 aromatic rings. The van der Waals surface area contributed by atoms with Crippen molar-refractivity contribution in [1.29, 1.82) is 0 Å². The number of rotatable bonds is 2. The smallest absolute Gasteiger partial charge is 0.304 e. The predicted molar refractivity (Wildman–Crippen MR) is 79.4 cm³/mol. The lowest BCUT2D eigenvalue weighted by Crippen LogP contribution is -2.21. The first-order valence-electron chi connectivity index (χ1n) is 6.97. The molecule has 1 aliphatic rings. The summed E-state index contributed by atoms with van der Waals surface area (Å²) in [7, 11) is 0. The van der Waals surface area contributed by atoms with E-state index in [9.17, 15) is 4.79 Å². The van der Waals surface area contributed by atoms with Crippen LogP contribution < -0.4 is 4.74 Å². The Morgan fingerprint density at radius 2 is 2.15 bits per heavy atom. The zero-order chi connectivity index (χ0) is 14.9. The summed E-state index contributed by atoms with van der Waals surface area (Å²) in [6, 6.07) is 6.15. The molecule has 2 rings (SSSR count). The maximum absolute atomic E-state index is 11.1. The molecule has 108 valence electrons. The number of carboxylic acid groups (broad SMARTS) is 1. The molecule has 1 unspecified atom stereocenters. The molecular weight excluding hydrogens is 252 g/mol. The van der Waals surface area contributed by atoms with Crippen LogP contribution in [0.15, 0.2) is 29.8 Å². The van der Waals surface area contributed by atoms with Crippen LogP contribution in [0.4, 0.5) is 0 Å². The number of allylic oxidation sites excluding steroid dienone is 1. The quantitative estimate of drug-likeness (QED) is 0.832. The number of fused-ring (bicyclic) bond motifs is 1. The van der Waals surface area contributed by atoms with Crippen molar-refractivity contribution in [2.45, 2.75) is 45.4 Å². The van der Waals surface area contributed by atoms with E-state index in [1.807, 2.05) is 19.1 Å². The fourth-order valence-corrected chi connectivity index (χ4v) is 2.58. The largest absolute Gasteiger partial charge is 0.489 e. The molecule has 1 heterocycles. The highest BCUT2D eigenvalue weighted by molar-refractivity contribution is 5.69. The van der Waals surface area contributed by atoms with E-state index in [1.54, 1.807) is 0 Å². The number of aliphatic carboxylic acids is 1. The van der Waals surface area contributed by atoms with Crippen molar-refractivity contribution in [3.63, 3.8) is 0 Å². The predicted octanol–water partition coefficient (Wildman–Crippen LogP) is 3.88. The molecule has 1 N–H and O–H groups in total. The molecule has 1 atom stereocenters. The minimum absolute atomic E-state index is 0.0571. The molecule has 0 aromatic heterocycles. The third kappa shape index (κ3) is 2.87. The minimum Gasteiger partial charge on any atom is -0.489 e. The first kappa shape index (κ1) is 14.6. The van der Waals surface area contributed by atoms with Crippen LogP contribution >= 0.6 is 0 Å². The van der Waals surface area contributed by atoms with Gasteiger partial charge in [-0.05, 0) is 29.5 Å². The molecule has 3 heteroatoms. The summed E-state index contributed by atoms with van der Waals surface area (Å²) in [4.78, 5) is 11.1. The van der Waals surface area contributed by atoms with E-state index in [0.717, 1.165) is 16.9 Å². The van der Waals surface area contributed by atoms with Gasteiger partial charge in [-0.3, -0.25) is 4.79 Å². The van der Waals surface area contributed by atoms with Gasteiger partial charge < -0.3 is 9.84 Å². The second-order valence-corrected chi connectivity index (χ2v) is 6.31. The third-order valence-corrected chi connectivity index (χ3v) is 3.85. The fraction of sp³-hybridized carbons (Fsp3) is 0.471. The van der Waals surface area contributed by atoms with Gasteiger partial charge in [-0.2, -0.15) is 0 Å². The summed E-state index contributed by atoms with van der Waals surface area (Å²) in [6.07, 6.45) is 2.08. The molecule has 0 saturated carbocycles. The SMILES string of the molecule is CC=C1COc2cc(C(C)(C)C)ccc2C1CC(=O)O. The maximum Gasteiger partial charge on any atom is 0.304 e. The standard InChI is InChI=1S/C17H22O3/c1-5-11-10-20-15-8-12(17(2,3)4)6-7-13(15)14(11)9-16(18)19/h5-8,14H,9-10H2,1-4H3,(H,18,19). The van der Waals surface area contributed by atoms with E-state index in [-0.39, 0.29) is 17.8 Å². The minimum atomic E-state index is -0.776. The fourth-order valence-electron chi connectivity index (χ4n) is 2.58. The zero-order valence-electron chi connectivity index (χ0n) is 12.6. The first-order valence-corrected chi connectivity index (χ1v) is 6.97. The summed E-state index contributed by atoms with van der Waals surface area (Å²) in [6.45, 7) is 8.88. The number of carboxylic acids is 1. The number of benzene rings is 1. The van der Waals surface area contributed by atoms with E-state index >= 15 is 0 Å². The van der Waals surface area contributed by atoms with Gasteiger partial charge in [0.1, 0.15) is 12.4 Å². The molecule has 1 aromatic carbocycles. The maximum atomic E-state index is 11.1. The van der Waals surface area contributed by atoms with Crippen LogP contribution in [0.5, 0.6) is 5.75 Å². The lowest BCUT2D eigenvalue weighted by atomic mass is 9.81. The molecule has 0 amide bonds. The summed E-state index contributed by atoms with van der Waals surface area (Å²) in [5.74, 6) is -0.0216. The second kappa shape index (κ2) is 5.31. The Bertz CT molecular complexity index is 550. The molecule has 0 fully saturated rings. The number of hydrogen-bond acceptors (Lipinski definition) is 2. The van der Waals surface area contributed by atoms with Gasteiger partial charge in [-0.15, -0.1) is 0 Å². The Balaban J connectivity index is 2.45. The van der Waals surface area contributed by atoms with Crippen LogP contribution in [0.3, 0.4) is 0 Å². The number of hydrogen-bond donors (Lipinski definition) is 1. The highest BCUT2D eigenvalue weighted by Gasteiger charge is 2.28. The van der Waals surface area contributed by atoms with Gasteiger partial charge in [0.15, 0.2) is 0 Å². The Labute approximate surface area is 120 Å². The molecule has 0 radical (unpaired) electrons. The van der Waals surface area contributed by atoms with E-state index in [4.69, 9.17) is 9.84 Å². The van der Waals surface area contributed by atoms with Crippen LogP contribution in [-0.2, 0) is 10.2 Å². The van der Waals surface area contributed by atoms with Crippen LogP contribution in [0.25, 0.3) is 0 Å².